The summed E-state index contributed by atoms with van der Waals surface area (Å²) in [6.45, 7) is 0.631. The number of rotatable bonds is 3. The monoisotopic (exact) mass is 349 g/mol. The Morgan fingerprint density at radius 1 is 1.53 bits per heavy atom. The summed E-state index contributed by atoms with van der Waals surface area (Å²) >= 11 is 3.15. The number of aliphatic carboxylic acids is 1. The van der Waals surface area contributed by atoms with Crippen LogP contribution in [0, 0.1) is 0 Å². The van der Waals surface area contributed by atoms with Gasteiger partial charge in [0, 0.05) is 36.5 Å². The van der Waals surface area contributed by atoms with Gasteiger partial charge in [-0.15, -0.1) is 0 Å². The quantitative estimate of drug-likeness (QED) is 0.789. The highest BCUT2D eigenvalue weighted by atomic mass is 79.9. The maximum absolute atomic E-state index is 12.4. The number of aromatic nitrogens is 1. The fourth-order valence-corrected chi connectivity index (χ4v) is 3.94. The third kappa shape index (κ3) is 2.94. The Labute approximate surface area is 118 Å². The molecule has 2 rings (SSSR count). The van der Waals surface area contributed by atoms with Gasteiger partial charge >= 0.3 is 5.97 Å². The lowest BCUT2D eigenvalue weighted by atomic mass is 10.2. The first kappa shape index (κ1) is 14.4. The van der Waals surface area contributed by atoms with Crippen LogP contribution in [0.1, 0.15) is 0 Å². The van der Waals surface area contributed by atoms with Crippen molar-refractivity contribution in [3.8, 4) is 0 Å². The van der Waals surface area contributed by atoms with E-state index in [0.29, 0.717) is 11.0 Å². The molecule has 19 heavy (non-hydrogen) atoms. The maximum Gasteiger partial charge on any atom is 0.323 e. The van der Waals surface area contributed by atoms with E-state index in [1.807, 2.05) is 0 Å². The van der Waals surface area contributed by atoms with E-state index in [1.165, 1.54) is 18.5 Å². The van der Waals surface area contributed by atoms with Crippen LogP contribution >= 0.6 is 15.9 Å². The van der Waals surface area contributed by atoms with Crippen molar-refractivity contribution in [2.45, 2.75) is 10.9 Å². The second kappa shape index (κ2) is 5.53. The van der Waals surface area contributed by atoms with Crippen LogP contribution in [0.15, 0.2) is 27.8 Å². The first-order valence-electron chi connectivity index (χ1n) is 5.49. The molecular weight excluding hydrogens is 338 g/mol. The minimum Gasteiger partial charge on any atom is -0.480 e. The summed E-state index contributed by atoms with van der Waals surface area (Å²) < 4.78 is 26.4. The zero-order valence-electron chi connectivity index (χ0n) is 9.78. The molecule has 0 radical (unpaired) electrons. The van der Waals surface area contributed by atoms with E-state index in [1.54, 1.807) is 0 Å². The average Bonchev–Trinajstić information content (AvgIpc) is 2.38. The van der Waals surface area contributed by atoms with E-state index in [-0.39, 0.29) is 18.0 Å². The lowest BCUT2D eigenvalue weighted by Gasteiger charge is -2.32. The molecule has 1 unspecified atom stereocenters. The molecule has 9 heteroatoms. The molecule has 1 aromatic heterocycles. The summed E-state index contributed by atoms with van der Waals surface area (Å²) in [5.41, 5.74) is 0. The van der Waals surface area contributed by atoms with E-state index < -0.39 is 22.0 Å². The van der Waals surface area contributed by atoms with Crippen LogP contribution in [-0.2, 0) is 14.8 Å². The summed E-state index contributed by atoms with van der Waals surface area (Å²) in [5, 5.41) is 12.0. The molecule has 1 fully saturated rings. The first-order chi connectivity index (χ1) is 8.93. The molecule has 0 amide bonds. The third-order valence-electron chi connectivity index (χ3n) is 2.77. The van der Waals surface area contributed by atoms with Gasteiger partial charge in [-0.1, -0.05) is 0 Å². The summed E-state index contributed by atoms with van der Waals surface area (Å²) in [4.78, 5) is 14.9. The molecule has 0 spiro atoms. The summed E-state index contributed by atoms with van der Waals surface area (Å²) in [5.74, 6) is -1.17. The zero-order chi connectivity index (χ0) is 14.0. The zero-order valence-corrected chi connectivity index (χ0v) is 12.2. The van der Waals surface area contributed by atoms with Crippen molar-refractivity contribution in [2.75, 3.05) is 19.6 Å². The SMILES string of the molecule is O=C(O)C1CNCCN1S(=O)(=O)c1cncc(Br)c1. The Bertz CT molecular complexity index is 592. The molecule has 0 aromatic carbocycles. The van der Waals surface area contributed by atoms with Gasteiger partial charge in [0.05, 0.1) is 0 Å². The molecular formula is C10H12BrN3O4S. The number of piperazine rings is 1. The van der Waals surface area contributed by atoms with Crippen molar-refractivity contribution >= 4 is 31.9 Å². The summed E-state index contributed by atoms with van der Waals surface area (Å²) in [6.07, 6.45) is 2.67. The normalized spacial score (nSPS) is 21.2. The van der Waals surface area contributed by atoms with Crippen LogP contribution in [-0.4, -0.2) is 54.5 Å². The molecule has 1 saturated heterocycles. The highest BCUT2D eigenvalue weighted by Crippen LogP contribution is 2.21. The second-order valence-electron chi connectivity index (χ2n) is 4.01. The Morgan fingerprint density at radius 2 is 2.26 bits per heavy atom. The number of halogens is 1. The lowest BCUT2D eigenvalue weighted by molar-refractivity contribution is -0.141. The first-order valence-corrected chi connectivity index (χ1v) is 7.72. The standard InChI is InChI=1S/C10H12BrN3O4S/c11-7-3-8(5-13-4-7)19(17,18)14-2-1-12-6-9(14)10(15)16/h3-5,9,12H,1-2,6H2,(H,15,16). The number of nitrogens with zero attached hydrogens (tertiary/aromatic N) is 2. The van der Waals surface area contributed by atoms with Gasteiger partial charge in [-0.2, -0.15) is 4.31 Å². The molecule has 2 N–H and O–H groups in total. The number of nitrogens with one attached hydrogen (secondary N) is 1. The number of pyridine rings is 1. The predicted molar refractivity (Wildman–Crippen MR) is 70.1 cm³/mol. The van der Waals surface area contributed by atoms with Crippen LogP contribution in [0.2, 0.25) is 0 Å². The summed E-state index contributed by atoms with van der Waals surface area (Å²) in [6, 6.07) is 0.307. The van der Waals surface area contributed by atoms with Crippen molar-refractivity contribution in [1.29, 1.82) is 0 Å². The molecule has 1 aliphatic rings. The highest BCUT2D eigenvalue weighted by molar-refractivity contribution is 9.10. The second-order valence-corrected chi connectivity index (χ2v) is 6.82. The van der Waals surface area contributed by atoms with E-state index in [9.17, 15) is 13.2 Å². The molecule has 104 valence electrons. The Balaban J connectivity index is 2.40. The van der Waals surface area contributed by atoms with Crippen molar-refractivity contribution < 1.29 is 18.3 Å². The van der Waals surface area contributed by atoms with E-state index in [4.69, 9.17) is 5.11 Å². The van der Waals surface area contributed by atoms with E-state index in [2.05, 4.69) is 26.2 Å². The lowest BCUT2D eigenvalue weighted by Crippen LogP contribution is -2.56. The number of carboxylic acids is 1. The van der Waals surface area contributed by atoms with Gasteiger partial charge in [0.2, 0.25) is 10.0 Å². The van der Waals surface area contributed by atoms with Crippen molar-refractivity contribution in [2.24, 2.45) is 0 Å². The number of carbonyl (C=O) groups is 1. The van der Waals surface area contributed by atoms with Gasteiger partial charge < -0.3 is 10.4 Å². The van der Waals surface area contributed by atoms with E-state index in [0.717, 1.165) is 4.31 Å². The predicted octanol–water partition coefficient (Wildman–Crippen LogP) is -0.109. The van der Waals surface area contributed by atoms with Crippen LogP contribution < -0.4 is 5.32 Å². The molecule has 7 nitrogen and oxygen atoms in total. The number of hydrogen-bond acceptors (Lipinski definition) is 5. The van der Waals surface area contributed by atoms with Crippen LogP contribution in [0.3, 0.4) is 0 Å². The van der Waals surface area contributed by atoms with Gasteiger partial charge in [0.1, 0.15) is 10.9 Å². The Hall–Kier alpha value is -1.03. The molecule has 1 aromatic rings. The Morgan fingerprint density at radius 3 is 2.89 bits per heavy atom. The molecule has 1 atom stereocenters. The fourth-order valence-electron chi connectivity index (χ4n) is 1.85. The minimum absolute atomic E-state index is 0.0185. The van der Waals surface area contributed by atoms with Crippen molar-refractivity contribution in [3.63, 3.8) is 0 Å². The van der Waals surface area contributed by atoms with Crippen molar-refractivity contribution in [3.05, 3.63) is 22.9 Å². The van der Waals surface area contributed by atoms with Gasteiger partial charge in [-0.05, 0) is 22.0 Å². The highest BCUT2D eigenvalue weighted by Gasteiger charge is 2.37. The molecule has 0 bridgehead atoms. The Kier molecular flexibility index (Phi) is 4.19. The van der Waals surface area contributed by atoms with Gasteiger partial charge in [0.25, 0.3) is 0 Å². The number of carboxylic acid groups (broad SMARTS) is 1. The minimum atomic E-state index is -3.86. The molecule has 0 saturated carbocycles. The number of hydrogen-bond donors (Lipinski definition) is 2. The molecule has 0 aliphatic carbocycles. The molecule has 2 heterocycles. The smallest absolute Gasteiger partial charge is 0.323 e. The summed E-state index contributed by atoms with van der Waals surface area (Å²) in [7, 11) is -3.86. The van der Waals surface area contributed by atoms with Gasteiger partial charge in [-0.25, -0.2) is 8.42 Å². The van der Waals surface area contributed by atoms with Crippen LogP contribution in [0.25, 0.3) is 0 Å². The van der Waals surface area contributed by atoms with E-state index >= 15 is 0 Å². The van der Waals surface area contributed by atoms with Gasteiger partial charge in [0.15, 0.2) is 0 Å². The largest absolute Gasteiger partial charge is 0.480 e. The fraction of sp³-hybridized carbons (Fsp3) is 0.400. The third-order valence-corrected chi connectivity index (χ3v) is 5.07. The van der Waals surface area contributed by atoms with Crippen LogP contribution in [0.4, 0.5) is 0 Å². The van der Waals surface area contributed by atoms with Gasteiger partial charge in [-0.3, -0.25) is 9.78 Å². The number of sulfonamides is 1. The van der Waals surface area contributed by atoms with Crippen LogP contribution in [0.5, 0.6) is 0 Å². The molecule has 1 aliphatic heterocycles. The maximum atomic E-state index is 12.4. The average molecular weight is 350 g/mol. The van der Waals surface area contributed by atoms with Crippen molar-refractivity contribution in [1.82, 2.24) is 14.6 Å². The topological polar surface area (TPSA) is 99.6 Å².